The standard InChI is InChI=1S/C16H26ClN3/c1-11(2)13-5-6-20(10-13)16-7-14(8-18-12(3)4)15(17)9-19-16/h7,9,11-13,18H,5-6,8,10H2,1-4H3. The summed E-state index contributed by atoms with van der Waals surface area (Å²) in [6.07, 6.45) is 3.05. The molecule has 1 aliphatic heterocycles. The van der Waals surface area contributed by atoms with Crippen LogP contribution in [0.25, 0.3) is 0 Å². The lowest BCUT2D eigenvalue weighted by Gasteiger charge is -2.20. The van der Waals surface area contributed by atoms with Crippen molar-refractivity contribution in [2.24, 2.45) is 11.8 Å². The number of halogens is 1. The summed E-state index contributed by atoms with van der Waals surface area (Å²) >= 11 is 6.24. The van der Waals surface area contributed by atoms with E-state index in [4.69, 9.17) is 11.6 Å². The summed E-state index contributed by atoms with van der Waals surface area (Å²) in [6, 6.07) is 2.60. The number of rotatable bonds is 5. The summed E-state index contributed by atoms with van der Waals surface area (Å²) < 4.78 is 0. The largest absolute Gasteiger partial charge is 0.356 e. The summed E-state index contributed by atoms with van der Waals surface area (Å²) in [5.41, 5.74) is 1.14. The van der Waals surface area contributed by atoms with E-state index in [1.165, 1.54) is 6.42 Å². The number of nitrogens with zero attached hydrogens (tertiary/aromatic N) is 2. The topological polar surface area (TPSA) is 28.2 Å². The fourth-order valence-electron chi connectivity index (χ4n) is 2.63. The molecule has 0 radical (unpaired) electrons. The molecule has 1 atom stereocenters. The molecule has 4 heteroatoms. The zero-order valence-electron chi connectivity index (χ0n) is 13.0. The van der Waals surface area contributed by atoms with Crippen molar-refractivity contribution in [1.29, 1.82) is 0 Å². The van der Waals surface area contributed by atoms with Gasteiger partial charge < -0.3 is 10.2 Å². The first-order valence-electron chi connectivity index (χ1n) is 7.60. The average molecular weight is 296 g/mol. The van der Waals surface area contributed by atoms with Gasteiger partial charge >= 0.3 is 0 Å². The quantitative estimate of drug-likeness (QED) is 0.897. The van der Waals surface area contributed by atoms with Crippen LogP contribution in [0, 0.1) is 11.8 Å². The van der Waals surface area contributed by atoms with Gasteiger partial charge in [-0.1, -0.05) is 39.3 Å². The van der Waals surface area contributed by atoms with E-state index in [0.29, 0.717) is 6.04 Å². The van der Waals surface area contributed by atoms with Gasteiger partial charge in [0.1, 0.15) is 5.82 Å². The van der Waals surface area contributed by atoms with Gasteiger partial charge in [-0.25, -0.2) is 4.98 Å². The molecule has 0 bridgehead atoms. The first-order valence-corrected chi connectivity index (χ1v) is 7.98. The summed E-state index contributed by atoms with van der Waals surface area (Å²) in [4.78, 5) is 6.90. The number of anilines is 1. The highest BCUT2D eigenvalue weighted by Gasteiger charge is 2.25. The van der Waals surface area contributed by atoms with Crippen LogP contribution < -0.4 is 10.2 Å². The van der Waals surface area contributed by atoms with Gasteiger partial charge in [-0.05, 0) is 29.9 Å². The zero-order chi connectivity index (χ0) is 14.7. The predicted molar refractivity (Wildman–Crippen MR) is 86.4 cm³/mol. The fraction of sp³-hybridized carbons (Fsp3) is 0.688. The van der Waals surface area contributed by atoms with Gasteiger partial charge in [0.05, 0.1) is 5.02 Å². The van der Waals surface area contributed by atoms with Crippen LogP contribution in [0.15, 0.2) is 12.3 Å². The molecule has 0 aromatic carbocycles. The molecule has 112 valence electrons. The molecule has 1 unspecified atom stereocenters. The molecule has 0 amide bonds. The van der Waals surface area contributed by atoms with Crippen LogP contribution in [-0.2, 0) is 6.54 Å². The van der Waals surface area contributed by atoms with Gasteiger partial charge in [-0.15, -0.1) is 0 Å². The van der Waals surface area contributed by atoms with E-state index in [-0.39, 0.29) is 0 Å². The summed E-state index contributed by atoms with van der Waals surface area (Å²) in [7, 11) is 0. The lowest BCUT2D eigenvalue weighted by molar-refractivity contribution is 0.422. The van der Waals surface area contributed by atoms with Crippen LogP contribution in [0.5, 0.6) is 0 Å². The van der Waals surface area contributed by atoms with Crippen molar-refractivity contribution in [3.05, 3.63) is 22.8 Å². The number of hydrogen-bond acceptors (Lipinski definition) is 3. The van der Waals surface area contributed by atoms with Crippen LogP contribution in [0.2, 0.25) is 5.02 Å². The Kier molecular flexibility index (Phi) is 5.28. The van der Waals surface area contributed by atoms with E-state index in [2.05, 4.69) is 49.0 Å². The molecule has 2 rings (SSSR count). The third-order valence-electron chi connectivity index (χ3n) is 4.11. The number of nitrogens with one attached hydrogen (secondary N) is 1. The Hall–Kier alpha value is -0.800. The summed E-state index contributed by atoms with van der Waals surface area (Å²) in [5.74, 6) is 2.59. The van der Waals surface area contributed by atoms with E-state index in [1.807, 2.05) is 0 Å². The number of pyridine rings is 1. The Balaban J connectivity index is 2.07. The van der Waals surface area contributed by atoms with Gasteiger partial charge in [-0.3, -0.25) is 0 Å². The first-order chi connectivity index (χ1) is 9.47. The Bertz CT molecular complexity index is 445. The fourth-order valence-corrected chi connectivity index (χ4v) is 2.80. The van der Waals surface area contributed by atoms with Crippen LogP contribution in [0.3, 0.4) is 0 Å². The SMILES string of the molecule is CC(C)NCc1cc(N2CCC(C(C)C)C2)ncc1Cl. The van der Waals surface area contributed by atoms with E-state index in [0.717, 1.165) is 47.9 Å². The van der Waals surface area contributed by atoms with Crippen molar-refractivity contribution in [2.45, 2.75) is 46.7 Å². The van der Waals surface area contributed by atoms with Crippen molar-refractivity contribution in [1.82, 2.24) is 10.3 Å². The van der Waals surface area contributed by atoms with E-state index < -0.39 is 0 Å². The second-order valence-corrected chi connectivity index (χ2v) is 6.82. The predicted octanol–water partition coefficient (Wildman–Crippen LogP) is 3.72. The highest BCUT2D eigenvalue weighted by Crippen LogP contribution is 2.28. The Morgan fingerprint density at radius 2 is 2.15 bits per heavy atom. The van der Waals surface area contributed by atoms with Crippen LogP contribution in [0.4, 0.5) is 5.82 Å². The molecule has 1 fully saturated rings. The van der Waals surface area contributed by atoms with Crippen molar-refractivity contribution in [3.63, 3.8) is 0 Å². The van der Waals surface area contributed by atoms with Crippen molar-refractivity contribution >= 4 is 17.4 Å². The Morgan fingerprint density at radius 1 is 1.40 bits per heavy atom. The second kappa shape index (κ2) is 6.77. The summed E-state index contributed by atoms with van der Waals surface area (Å²) in [6.45, 7) is 11.9. The molecule has 0 aliphatic carbocycles. The Labute approximate surface area is 127 Å². The highest BCUT2D eigenvalue weighted by atomic mass is 35.5. The molecule has 1 aromatic heterocycles. The molecule has 1 saturated heterocycles. The number of aromatic nitrogens is 1. The second-order valence-electron chi connectivity index (χ2n) is 6.41. The van der Waals surface area contributed by atoms with Gasteiger partial charge in [0.15, 0.2) is 0 Å². The van der Waals surface area contributed by atoms with Gasteiger partial charge in [0.2, 0.25) is 0 Å². The van der Waals surface area contributed by atoms with E-state index >= 15 is 0 Å². The molecule has 3 nitrogen and oxygen atoms in total. The summed E-state index contributed by atoms with van der Waals surface area (Å²) in [5, 5.41) is 4.17. The minimum Gasteiger partial charge on any atom is -0.356 e. The van der Waals surface area contributed by atoms with E-state index in [9.17, 15) is 0 Å². The van der Waals surface area contributed by atoms with E-state index in [1.54, 1.807) is 6.20 Å². The maximum absolute atomic E-state index is 6.24. The third kappa shape index (κ3) is 3.86. The van der Waals surface area contributed by atoms with Crippen molar-refractivity contribution in [2.75, 3.05) is 18.0 Å². The highest BCUT2D eigenvalue weighted by molar-refractivity contribution is 6.31. The maximum Gasteiger partial charge on any atom is 0.128 e. The molecule has 1 N–H and O–H groups in total. The van der Waals surface area contributed by atoms with Gasteiger partial charge in [-0.2, -0.15) is 0 Å². The molecule has 0 saturated carbocycles. The lowest BCUT2D eigenvalue weighted by Crippen LogP contribution is -2.24. The molecule has 2 heterocycles. The minimum atomic E-state index is 0.458. The third-order valence-corrected chi connectivity index (χ3v) is 4.45. The minimum absolute atomic E-state index is 0.458. The molecule has 1 aliphatic rings. The molecule has 0 spiro atoms. The number of hydrogen-bond donors (Lipinski definition) is 1. The van der Waals surface area contributed by atoms with Gasteiger partial charge in [0.25, 0.3) is 0 Å². The first kappa shape index (κ1) is 15.6. The maximum atomic E-state index is 6.24. The molecular weight excluding hydrogens is 270 g/mol. The van der Waals surface area contributed by atoms with Crippen LogP contribution >= 0.6 is 11.6 Å². The van der Waals surface area contributed by atoms with Crippen LogP contribution in [-0.4, -0.2) is 24.1 Å². The Morgan fingerprint density at radius 3 is 2.75 bits per heavy atom. The zero-order valence-corrected chi connectivity index (χ0v) is 13.7. The monoisotopic (exact) mass is 295 g/mol. The molecule has 20 heavy (non-hydrogen) atoms. The molecule has 1 aromatic rings. The normalized spacial score (nSPS) is 19.4. The van der Waals surface area contributed by atoms with Gasteiger partial charge in [0, 0.05) is 31.9 Å². The smallest absolute Gasteiger partial charge is 0.128 e. The lowest BCUT2D eigenvalue weighted by atomic mass is 9.95. The molecular formula is C16H26ClN3. The average Bonchev–Trinajstić information content (AvgIpc) is 2.87. The van der Waals surface area contributed by atoms with Crippen LogP contribution in [0.1, 0.15) is 39.7 Å². The van der Waals surface area contributed by atoms with Crippen molar-refractivity contribution in [3.8, 4) is 0 Å². The van der Waals surface area contributed by atoms with Crippen molar-refractivity contribution < 1.29 is 0 Å².